The third-order valence-electron chi connectivity index (χ3n) is 4.02. The summed E-state index contributed by atoms with van der Waals surface area (Å²) >= 11 is 0. The molecule has 0 aliphatic rings. The lowest BCUT2D eigenvalue weighted by molar-refractivity contribution is -0.114. The summed E-state index contributed by atoms with van der Waals surface area (Å²) in [5.74, 6) is 0.726. The van der Waals surface area contributed by atoms with Gasteiger partial charge in [0.25, 0.3) is 0 Å². The molecule has 6 heteroatoms. The lowest BCUT2D eigenvalue weighted by Gasteiger charge is -2.12. The van der Waals surface area contributed by atoms with Crippen LogP contribution in [0.4, 0.5) is 5.69 Å². The Bertz CT molecular complexity index is 942. The first-order valence-corrected chi connectivity index (χ1v) is 8.44. The molecule has 1 amide bonds. The molecule has 0 spiro atoms. The minimum Gasteiger partial charge on any atom is -0.326 e. The van der Waals surface area contributed by atoms with Gasteiger partial charge in [-0.15, -0.1) is 0 Å². The predicted octanol–water partition coefficient (Wildman–Crippen LogP) is 2.94. The number of anilines is 1. The summed E-state index contributed by atoms with van der Waals surface area (Å²) in [6, 6.07) is 14.8. The van der Waals surface area contributed by atoms with Gasteiger partial charge in [0, 0.05) is 18.2 Å². The lowest BCUT2D eigenvalue weighted by atomic mass is 10.1. The van der Waals surface area contributed by atoms with Crippen molar-refractivity contribution < 1.29 is 9.59 Å². The van der Waals surface area contributed by atoms with Gasteiger partial charge in [-0.3, -0.25) is 9.59 Å². The van der Waals surface area contributed by atoms with Crippen LogP contribution in [-0.4, -0.2) is 40.2 Å². The van der Waals surface area contributed by atoms with Crippen LogP contribution < -0.4 is 5.32 Å². The van der Waals surface area contributed by atoms with Crippen LogP contribution in [0.5, 0.6) is 0 Å². The number of benzene rings is 2. The zero-order chi connectivity index (χ0) is 18.7. The Morgan fingerprint density at radius 2 is 1.77 bits per heavy atom. The smallest absolute Gasteiger partial charge is 0.221 e. The summed E-state index contributed by atoms with van der Waals surface area (Å²) < 4.78 is 1.97. The van der Waals surface area contributed by atoms with Crippen molar-refractivity contribution in [1.29, 1.82) is 0 Å². The third kappa shape index (κ3) is 3.97. The molecule has 0 radical (unpaired) electrons. The Morgan fingerprint density at radius 1 is 1.08 bits per heavy atom. The number of fused-ring (bicyclic) bond motifs is 1. The Morgan fingerprint density at radius 3 is 2.42 bits per heavy atom. The molecular weight excluding hydrogens is 328 g/mol. The number of para-hydroxylation sites is 2. The number of carbonyl (C=O) groups excluding carboxylic acids is 2. The van der Waals surface area contributed by atoms with Crippen LogP contribution in [0, 0.1) is 0 Å². The second-order valence-electron chi connectivity index (χ2n) is 6.52. The van der Waals surface area contributed by atoms with Gasteiger partial charge in [0.2, 0.25) is 5.91 Å². The van der Waals surface area contributed by atoms with Gasteiger partial charge >= 0.3 is 0 Å². The summed E-state index contributed by atoms with van der Waals surface area (Å²) in [6.45, 7) is 2.34. The molecule has 0 aliphatic heterocycles. The second-order valence-corrected chi connectivity index (χ2v) is 6.52. The van der Waals surface area contributed by atoms with Gasteiger partial charge in [-0.2, -0.15) is 0 Å². The summed E-state index contributed by atoms with van der Waals surface area (Å²) in [5.41, 5.74) is 3.12. The van der Waals surface area contributed by atoms with Crippen molar-refractivity contribution in [3.8, 4) is 0 Å². The second kappa shape index (κ2) is 7.49. The quantitative estimate of drug-likeness (QED) is 0.694. The van der Waals surface area contributed by atoms with E-state index in [2.05, 4.69) is 10.3 Å². The molecule has 0 aliphatic carbocycles. The number of amides is 1. The first kappa shape index (κ1) is 17.8. The van der Waals surface area contributed by atoms with E-state index < -0.39 is 0 Å². The van der Waals surface area contributed by atoms with Crippen molar-refractivity contribution >= 4 is 28.4 Å². The van der Waals surface area contributed by atoms with Crippen molar-refractivity contribution in [1.82, 2.24) is 14.5 Å². The number of hydrogen-bond donors (Lipinski definition) is 1. The fourth-order valence-corrected chi connectivity index (χ4v) is 2.88. The van der Waals surface area contributed by atoms with Crippen LogP contribution in [0.3, 0.4) is 0 Å². The number of imidazole rings is 1. The molecule has 0 fully saturated rings. The third-order valence-corrected chi connectivity index (χ3v) is 4.02. The van der Waals surface area contributed by atoms with E-state index in [4.69, 9.17) is 0 Å². The molecule has 3 rings (SSSR count). The number of hydrogen-bond acceptors (Lipinski definition) is 4. The van der Waals surface area contributed by atoms with E-state index in [1.54, 1.807) is 24.3 Å². The van der Waals surface area contributed by atoms with E-state index in [1.807, 2.05) is 47.8 Å². The van der Waals surface area contributed by atoms with Crippen molar-refractivity contribution in [3.05, 3.63) is 59.9 Å². The largest absolute Gasteiger partial charge is 0.326 e. The van der Waals surface area contributed by atoms with Crippen molar-refractivity contribution in [3.63, 3.8) is 0 Å². The maximum Gasteiger partial charge on any atom is 0.221 e. The van der Waals surface area contributed by atoms with Gasteiger partial charge in [0.1, 0.15) is 5.82 Å². The van der Waals surface area contributed by atoms with E-state index in [1.165, 1.54) is 6.92 Å². The van der Waals surface area contributed by atoms with Gasteiger partial charge in [0.05, 0.1) is 24.1 Å². The fourth-order valence-electron chi connectivity index (χ4n) is 2.88. The van der Waals surface area contributed by atoms with E-state index in [0.717, 1.165) is 16.9 Å². The number of ketones is 1. The highest BCUT2D eigenvalue weighted by Gasteiger charge is 2.15. The first-order chi connectivity index (χ1) is 12.4. The Hall–Kier alpha value is -2.99. The van der Waals surface area contributed by atoms with Crippen molar-refractivity contribution in [2.45, 2.75) is 20.0 Å². The van der Waals surface area contributed by atoms with Gasteiger partial charge in [0.15, 0.2) is 5.78 Å². The summed E-state index contributed by atoms with van der Waals surface area (Å²) in [7, 11) is 3.96. The molecular formula is C20H22N4O2. The molecule has 1 aromatic heterocycles. The maximum absolute atomic E-state index is 12.8. The number of aromatic nitrogens is 2. The number of nitrogens with zero attached hydrogens (tertiary/aromatic N) is 3. The van der Waals surface area contributed by atoms with Crippen LogP contribution in [0.25, 0.3) is 11.0 Å². The van der Waals surface area contributed by atoms with Crippen LogP contribution in [0.15, 0.2) is 48.5 Å². The Balaban J connectivity index is 1.87. The highest BCUT2D eigenvalue weighted by Crippen LogP contribution is 2.18. The van der Waals surface area contributed by atoms with Crippen molar-refractivity contribution in [2.24, 2.45) is 0 Å². The van der Waals surface area contributed by atoms with E-state index in [9.17, 15) is 9.59 Å². The molecule has 0 unspecified atom stereocenters. The average Bonchev–Trinajstić information content (AvgIpc) is 2.91. The lowest BCUT2D eigenvalue weighted by Crippen LogP contribution is -2.18. The SMILES string of the molecule is CC(=O)Nc1ccc(C(=O)Cn2c(CN(C)C)nc3ccccc32)cc1. The molecule has 2 aromatic carbocycles. The molecule has 134 valence electrons. The monoisotopic (exact) mass is 350 g/mol. The molecule has 6 nitrogen and oxygen atoms in total. The van der Waals surface area contributed by atoms with Gasteiger partial charge in [-0.25, -0.2) is 4.98 Å². The van der Waals surface area contributed by atoms with Gasteiger partial charge in [-0.1, -0.05) is 12.1 Å². The van der Waals surface area contributed by atoms with Gasteiger partial charge < -0.3 is 14.8 Å². The predicted molar refractivity (Wildman–Crippen MR) is 102 cm³/mol. The average molecular weight is 350 g/mol. The molecule has 0 saturated carbocycles. The van der Waals surface area contributed by atoms with Crippen LogP contribution >= 0.6 is 0 Å². The standard InChI is InChI=1S/C20H22N4O2/c1-14(25)21-16-10-8-15(9-11-16)19(26)12-24-18-7-5-4-6-17(18)22-20(24)13-23(2)3/h4-11H,12-13H2,1-3H3,(H,21,25). The minimum absolute atomic E-state index is 0.00235. The van der Waals surface area contributed by atoms with E-state index in [0.29, 0.717) is 17.8 Å². The number of Topliss-reactive ketones (excluding diaryl/α,β-unsaturated/α-hetero) is 1. The maximum atomic E-state index is 12.8. The van der Waals surface area contributed by atoms with Crippen LogP contribution in [0.1, 0.15) is 23.1 Å². The summed E-state index contributed by atoms with van der Waals surface area (Å²) in [4.78, 5) is 30.6. The molecule has 26 heavy (non-hydrogen) atoms. The Kier molecular flexibility index (Phi) is 5.14. The van der Waals surface area contributed by atoms with Crippen LogP contribution in [0.2, 0.25) is 0 Å². The molecule has 0 bridgehead atoms. The molecule has 0 saturated heterocycles. The topological polar surface area (TPSA) is 67.2 Å². The Labute approximate surface area is 152 Å². The molecule has 3 aromatic rings. The zero-order valence-corrected chi connectivity index (χ0v) is 15.2. The highest BCUT2D eigenvalue weighted by molar-refractivity contribution is 5.97. The number of carbonyl (C=O) groups is 2. The van der Waals surface area contributed by atoms with E-state index >= 15 is 0 Å². The first-order valence-electron chi connectivity index (χ1n) is 8.44. The van der Waals surface area contributed by atoms with Crippen LogP contribution in [-0.2, 0) is 17.9 Å². The van der Waals surface area contributed by atoms with Gasteiger partial charge in [-0.05, 0) is 50.5 Å². The van der Waals surface area contributed by atoms with Crippen molar-refractivity contribution in [2.75, 3.05) is 19.4 Å². The number of rotatable bonds is 6. The number of nitrogens with one attached hydrogen (secondary N) is 1. The minimum atomic E-state index is -0.137. The fraction of sp³-hybridized carbons (Fsp3) is 0.250. The highest BCUT2D eigenvalue weighted by atomic mass is 16.1. The summed E-state index contributed by atoms with van der Waals surface area (Å²) in [6.07, 6.45) is 0. The molecule has 0 atom stereocenters. The molecule has 1 N–H and O–H groups in total. The normalized spacial score (nSPS) is 11.1. The molecule has 1 heterocycles. The summed E-state index contributed by atoms with van der Waals surface area (Å²) in [5, 5.41) is 2.70. The zero-order valence-electron chi connectivity index (χ0n) is 15.2. The van der Waals surface area contributed by atoms with E-state index in [-0.39, 0.29) is 18.2 Å².